The van der Waals surface area contributed by atoms with Gasteiger partial charge in [-0.15, -0.1) is 0 Å². The van der Waals surface area contributed by atoms with E-state index in [9.17, 15) is 0 Å². The van der Waals surface area contributed by atoms with Gasteiger partial charge >= 0.3 is 37.6 Å². The van der Waals surface area contributed by atoms with Gasteiger partial charge in [-0.25, -0.2) is 0 Å². The van der Waals surface area contributed by atoms with Crippen molar-refractivity contribution in [3.05, 3.63) is 0 Å². The van der Waals surface area contributed by atoms with Crippen LogP contribution in [0.15, 0.2) is 7.58 Å². The Kier molecular flexibility index (Phi) is 4.34. The summed E-state index contributed by atoms with van der Waals surface area (Å²) >= 11 is -0.00694. The van der Waals surface area contributed by atoms with Crippen LogP contribution in [0.2, 0.25) is 0 Å². The van der Waals surface area contributed by atoms with Crippen LogP contribution in [-0.2, 0) is 15.9 Å². The fraction of sp³-hybridized carbons (Fsp3) is 1.00. The molecule has 0 atom stereocenters. The Labute approximate surface area is 38.3 Å². The van der Waals surface area contributed by atoms with Crippen molar-refractivity contribution in [1.29, 1.82) is 0 Å². The molecule has 0 rings (SSSR count). The van der Waals surface area contributed by atoms with Gasteiger partial charge in [-0.05, 0) is 0 Å². The van der Waals surface area contributed by atoms with Crippen LogP contribution < -0.4 is 0 Å². The molecule has 0 radical (unpaired) electrons. The van der Waals surface area contributed by atoms with Crippen molar-refractivity contribution in [2.75, 3.05) is 14.1 Å². The van der Waals surface area contributed by atoms with E-state index in [2.05, 4.69) is 7.58 Å². The molecule has 5 heavy (non-hydrogen) atoms. The monoisotopic (exact) mass is 109 g/mol. The third kappa shape index (κ3) is 4.18. The number of hydrogen-bond donors (Lipinski definition) is 0. The summed E-state index contributed by atoms with van der Waals surface area (Å²) in [6.45, 7) is 0. The molecular weight excluding hydrogens is 103 g/mol. The summed E-state index contributed by atoms with van der Waals surface area (Å²) in [6, 6.07) is 0. The predicted molar refractivity (Wildman–Crippen MR) is 16.7 cm³/mol. The van der Waals surface area contributed by atoms with Gasteiger partial charge in [0.1, 0.15) is 0 Å². The molecule has 0 amide bonds. The van der Waals surface area contributed by atoms with E-state index in [4.69, 9.17) is 0 Å². The Morgan fingerprint density at radius 1 is 1.20 bits per heavy atom. The van der Waals surface area contributed by atoms with Gasteiger partial charge in [0, 0.05) is 0 Å². The first-order valence-electron chi connectivity index (χ1n) is 1.29. The normalized spacial score (nSPS) is 5.20. The molecule has 0 spiro atoms. The van der Waals surface area contributed by atoms with Gasteiger partial charge in [0.25, 0.3) is 0 Å². The number of nitrogens with zero attached hydrogens (tertiary/aromatic N) is 2. The van der Waals surface area contributed by atoms with Gasteiger partial charge in [0.2, 0.25) is 0 Å². The van der Waals surface area contributed by atoms with E-state index < -0.39 is 0 Å². The van der Waals surface area contributed by atoms with Crippen LogP contribution in [0.3, 0.4) is 0 Å². The van der Waals surface area contributed by atoms with E-state index in [1.54, 1.807) is 14.1 Å². The molecule has 0 aliphatic carbocycles. The summed E-state index contributed by atoms with van der Waals surface area (Å²) in [6.07, 6.45) is 0. The molecule has 0 heterocycles. The van der Waals surface area contributed by atoms with Gasteiger partial charge in [-0.2, -0.15) is 0 Å². The molecule has 0 unspecified atom stereocenters. The van der Waals surface area contributed by atoms with E-state index in [1.807, 2.05) is 0 Å². The molecule has 0 aromatic carbocycles. The second kappa shape index (κ2) is 4.18. The average Bonchev–Trinajstić information content (AvgIpc) is 1.41. The van der Waals surface area contributed by atoms with Crippen LogP contribution in [0.1, 0.15) is 0 Å². The van der Waals surface area contributed by atoms with Gasteiger partial charge in [0.05, 0.1) is 0 Å². The number of rotatable bonds is 0. The average molecular weight is 109 g/mol. The van der Waals surface area contributed by atoms with Crippen molar-refractivity contribution < 1.29 is 15.9 Å². The van der Waals surface area contributed by atoms with Gasteiger partial charge < -0.3 is 0 Å². The molecule has 0 aliphatic heterocycles. The Morgan fingerprint density at radius 3 is 1.60 bits per heavy atom. The van der Waals surface area contributed by atoms with E-state index >= 15 is 0 Å². The maximum absolute atomic E-state index is 3.78. The summed E-state index contributed by atoms with van der Waals surface area (Å²) in [5.74, 6) is 0. The molecule has 0 bridgehead atoms. The SMILES string of the molecule is C[N]=[V]=[N]C. The molecule has 0 saturated carbocycles. The van der Waals surface area contributed by atoms with Crippen LogP contribution >= 0.6 is 0 Å². The zero-order chi connectivity index (χ0) is 4.12. The molecule has 0 saturated heterocycles. The zero-order valence-electron chi connectivity index (χ0n) is 3.34. The van der Waals surface area contributed by atoms with Gasteiger partial charge in [0.15, 0.2) is 0 Å². The number of hydrogen-bond acceptors (Lipinski definition) is 2. The first-order chi connectivity index (χ1) is 2.41. The standard InChI is InChI=1S/2CH3N.V/c2*1-2;/h2*1H3;. The zero-order valence-corrected chi connectivity index (χ0v) is 4.74. The minimum absolute atomic E-state index is 0.00694. The molecule has 0 aromatic heterocycles. The van der Waals surface area contributed by atoms with Crippen molar-refractivity contribution in [1.82, 2.24) is 0 Å². The van der Waals surface area contributed by atoms with Crippen molar-refractivity contribution in [2.24, 2.45) is 7.58 Å². The van der Waals surface area contributed by atoms with Crippen LogP contribution in [-0.4, -0.2) is 14.1 Å². The Balaban J connectivity index is 3.26. The van der Waals surface area contributed by atoms with Crippen molar-refractivity contribution in [2.45, 2.75) is 0 Å². The van der Waals surface area contributed by atoms with E-state index in [-0.39, 0.29) is 15.9 Å². The molecule has 2 nitrogen and oxygen atoms in total. The van der Waals surface area contributed by atoms with E-state index in [0.29, 0.717) is 0 Å². The summed E-state index contributed by atoms with van der Waals surface area (Å²) in [4.78, 5) is 0. The van der Waals surface area contributed by atoms with Crippen LogP contribution in [0.5, 0.6) is 0 Å². The van der Waals surface area contributed by atoms with Crippen molar-refractivity contribution in [3.8, 4) is 0 Å². The van der Waals surface area contributed by atoms with Crippen LogP contribution in [0, 0.1) is 0 Å². The first kappa shape index (κ1) is 5.18. The van der Waals surface area contributed by atoms with Gasteiger partial charge in [-0.3, -0.25) is 0 Å². The van der Waals surface area contributed by atoms with Crippen molar-refractivity contribution in [3.63, 3.8) is 0 Å². The molecule has 29 valence electrons. The molecule has 3 heteroatoms. The molecule has 0 aromatic rings. The summed E-state index contributed by atoms with van der Waals surface area (Å²) in [5.41, 5.74) is 0. The Bertz CT molecular complexity index is 56.0. The molecule has 0 aliphatic rings. The first-order valence-corrected chi connectivity index (χ1v) is 2.54. The maximum atomic E-state index is 3.78. The van der Waals surface area contributed by atoms with E-state index in [1.165, 1.54) is 0 Å². The predicted octanol–water partition coefficient (Wildman–Crippen LogP) is 0.696. The van der Waals surface area contributed by atoms with E-state index in [0.717, 1.165) is 0 Å². The summed E-state index contributed by atoms with van der Waals surface area (Å²) < 4.78 is 7.56. The minimum atomic E-state index is -0.00694. The van der Waals surface area contributed by atoms with Crippen molar-refractivity contribution >= 4 is 0 Å². The second-order valence-corrected chi connectivity index (χ2v) is 2.02. The fourth-order valence-corrected chi connectivity index (χ4v) is 0.369. The Hall–Kier alpha value is 0.184. The summed E-state index contributed by atoms with van der Waals surface area (Å²) in [7, 11) is 3.57. The second-order valence-electron chi connectivity index (χ2n) is 0.489. The quantitative estimate of drug-likeness (QED) is 0.437. The molecular formula is C2H6N2V. The van der Waals surface area contributed by atoms with Crippen LogP contribution in [0.25, 0.3) is 0 Å². The fourth-order valence-electron chi connectivity index (χ4n) is 0.0894. The third-order valence-corrected chi connectivity index (χ3v) is 0.738. The summed E-state index contributed by atoms with van der Waals surface area (Å²) in [5, 5.41) is 0. The third-order valence-electron chi connectivity index (χ3n) is 0.179. The van der Waals surface area contributed by atoms with Crippen LogP contribution in [0.4, 0.5) is 0 Å². The molecule has 0 fully saturated rings. The molecule has 0 N–H and O–H groups in total. The topological polar surface area (TPSA) is 24.7 Å². The Morgan fingerprint density at radius 2 is 1.60 bits per heavy atom. The van der Waals surface area contributed by atoms with Gasteiger partial charge in [-0.1, -0.05) is 0 Å².